The third kappa shape index (κ3) is 4.16. The summed E-state index contributed by atoms with van der Waals surface area (Å²) >= 11 is 0. The van der Waals surface area contributed by atoms with E-state index in [1.807, 2.05) is 26.8 Å². The fraction of sp³-hybridized carbons (Fsp3) is 0.450. The van der Waals surface area contributed by atoms with E-state index in [1.54, 1.807) is 11.7 Å². The standard InChI is InChI=1S/C20H27N7O4/c1-6-7-8-27-16(21)15(18(29)23-20(27)30)25(4)13(28)10-31-19-14-11(2)9-12(3)22-17(14)26(5)24-19/h9H,6-8,10,21H2,1-5H3,(H,23,29,30). The highest BCUT2D eigenvalue weighted by atomic mass is 16.5. The predicted octanol–water partition coefficient (Wildman–Crippen LogP) is 0.859. The lowest BCUT2D eigenvalue weighted by Gasteiger charge is -2.20. The van der Waals surface area contributed by atoms with E-state index in [9.17, 15) is 14.4 Å². The zero-order valence-corrected chi connectivity index (χ0v) is 18.4. The zero-order valence-electron chi connectivity index (χ0n) is 18.4. The third-order valence-electron chi connectivity index (χ3n) is 5.08. The summed E-state index contributed by atoms with van der Waals surface area (Å²) < 4.78 is 8.53. The number of aromatic amines is 1. The number of nitrogen functional groups attached to an aromatic ring is 1. The Hall–Kier alpha value is -3.63. The summed E-state index contributed by atoms with van der Waals surface area (Å²) in [6.45, 7) is 5.75. The van der Waals surface area contributed by atoms with Crippen LogP contribution < -0.4 is 26.6 Å². The molecule has 166 valence electrons. The number of fused-ring (bicyclic) bond motifs is 1. The predicted molar refractivity (Wildman–Crippen MR) is 118 cm³/mol. The summed E-state index contributed by atoms with van der Waals surface area (Å²) in [6, 6.07) is 1.91. The van der Waals surface area contributed by atoms with Crippen molar-refractivity contribution in [3.05, 3.63) is 38.2 Å². The summed E-state index contributed by atoms with van der Waals surface area (Å²) in [5, 5.41) is 5.03. The van der Waals surface area contributed by atoms with Gasteiger partial charge in [0.15, 0.2) is 17.9 Å². The minimum absolute atomic E-state index is 0.0585. The zero-order chi connectivity index (χ0) is 22.9. The van der Waals surface area contributed by atoms with Gasteiger partial charge in [0, 0.05) is 26.3 Å². The molecule has 1 amide bonds. The lowest BCUT2D eigenvalue weighted by atomic mass is 10.2. The molecule has 0 fully saturated rings. The van der Waals surface area contributed by atoms with Crippen LogP contribution in [-0.4, -0.2) is 43.9 Å². The first-order chi connectivity index (χ1) is 14.6. The van der Waals surface area contributed by atoms with Gasteiger partial charge in [0.2, 0.25) is 5.88 Å². The van der Waals surface area contributed by atoms with E-state index < -0.39 is 17.2 Å². The van der Waals surface area contributed by atoms with Crippen LogP contribution in [0.25, 0.3) is 11.0 Å². The molecule has 0 aliphatic heterocycles. The molecule has 0 saturated heterocycles. The summed E-state index contributed by atoms with van der Waals surface area (Å²) in [7, 11) is 3.16. The molecule has 0 spiro atoms. The largest absolute Gasteiger partial charge is 0.466 e. The van der Waals surface area contributed by atoms with Crippen LogP contribution in [0.15, 0.2) is 15.7 Å². The third-order valence-corrected chi connectivity index (χ3v) is 5.08. The number of hydrogen-bond acceptors (Lipinski definition) is 7. The van der Waals surface area contributed by atoms with Gasteiger partial charge in [-0.05, 0) is 31.9 Å². The van der Waals surface area contributed by atoms with Crippen molar-refractivity contribution < 1.29 is 9.53 Å². The maximum absolute atomic E-state index is 12.8. The van der Waals surface area contributed by atoms with Crippen LogP contribution in [0.3, 0.4) is 0 Å². The number of nitrogens with two attached hydrogens (primary N) is 1. The van der Waals surface area contributed by atoms with Crippen molar-refractivity contribution in [3.63, 3.8) is 0 Å². The normalized spacial score (nSPS) is 11.1. The van der Waals surface area contributed by atoms with Gasteiger partial charge in [-0.25, -0.2) is 14.5 Å². The molecular weight excluding hydrogens is 402 g/mol. The van der Waals surface area contributed by atoms with Crippen LogP contribution in [0.2, 0.25) is 0 Å². The van der Waals surface area contributed by atoms with E-state index in [4.69, 9.17) is 10.5 Å². The molecule has 0 saturated carbocycles. The molecule has 3 aromatic rings. The quantitative estimate of drug-likeness (QED) is 0.567. The lowest BCUT2D eigenvalue weighted by molar-refractivity contribution is -0.120. The Morgan fingerprint density at radius 2 is 2.03 bits per heavy atom. The monoisotopic (exact) mass is 429 g/mol. The summed E-state index contributed by atoms with van der Waals surface area (Å²) in [5.41, 5.74) is 7.07. The maximum Gasteiger partial charge on any atom is 0.330 e. The highest BCUT2D eigenvalue weighted by Crippen LogP contribution is 2.27. The number of hydrogen-bond donors (Lipinski definition) is 2. The van der Waals surface area contributed by atoms with Gasteiger partial charge < -0.3 is 15.4 Å². The number of carbonyl (C=O) groups is 1. The molecule has 11 heteroatoms. The minimum Gasteiger partial charge on any atom is -0.466 e. The number of aryl methyl sites for hydroxylation is 3. The molecule has 11 nitrogen and oxygen atoms in total. The van der Waals surface area contributed by atoms with Crippen LogP contribution in [0, 0.1) is 13.8 Å². The Kier molecular flexibility index (Phi) is 6.14. The number of nitrogens with zero attached hydrogens (tertiary/aromatic N) is 5. The number of carbonyl (C=O) groups excluding carboxylic acids is 1. The number of pyridine rings is 1. The topological polar surface area (TPSA) is 141 Å². The van der Waals surface area contributed by atoms with Crippen LogP contribution in [0.5, 0.6) is 5.88 Å². The number of likely N-dealkylation sites (N-methyl/N-ethyl adjacent to an activating group) is 1. The maximum atomic E-state index is 12.8. The van der Waals surface area contributed by atoms with Gasteiger partial charge in [0.05, 0.1) is 5.39 Å². The number of H-pyrrole nitrogens is 1. The first-order valence-corrected chi connectivity index (χ1v) is 9.98. The number of unbranched alkanes of at least 4 members (excludes halogenated alkanes) is 1. The van der Waals surface area contributed by atoms with Crippen LogP contribution in [0.1, 0.15) is 31.0 Å². The van der Waals surface area contributed by atoms with E-state index >= 15 is 0 Å². The number of amides is 1. The van der Waals surface area contributed by atoms with Crippen LogP contribution in [-0.2, 0) is 18.4 Å². The van der Waals surface area contributed by atoms with E-state index in [0.717, 1.165) is 22.6 Å². The van der Waals surface area contributed by atoms with Crippen molar-refractivity contribution in [2.75, 3.05) is 24.3 Å². The van der Waals surface area contributed by atoms with Crippen molar-refractivity contribution in [1.82, 2.24) is 24.3 Å². The van der Waals surface area contributed by atoms with E-state index in [-0.39, 0.29) is 24.0 Å². The van der Waals surface area contributed by atoms with Crippen molar-refractivity contribution in [2.45, 2.75) is 40.2 Å². The van der Waals surface area contributed by atoms with Crippen molar-refractivity contribution in [3.8, 4) is 5.88 Å². The highest BCUT2D eigenvalue weighted by Gasteiger charge is 2.22. The number of rotatable bonds is 7. The molecule has 0 aliphatic carbocycles. The molecule has 0 radical (unpaired) electrons. The average molecular weight is 429 g/mol. The van der Waals surface area contributed by atoms with E-state index in [1.165, 1.54) is 11.6 Å². The lowest BCUT2D eigenvalue weighted by Crippen LogP contribution is -2.40. The first-order valence-electron chi connectivity index (χ1n) is 9.98. The van der Waals surface area contributed by atoms with Crippen molar-refractivity contribution in [1.29, 1.82) is 0 Å². The van der Waals surface area contributed by atoms with Gasteiger partial charge in [-0.1, -0.05) is 13.3 Å². The molecule has 3 aromatic heterocycles. The van der Waals surface area contributed by atoms with Crippen LogP contribution >= 0.6 is 0 Å². The smallest absolute Gasteiger partial charge is 0.330 e. The second-order valence-corrected chi connectivity index (χ2v) is 7.45. The highest BCUT2D eigenvalue weighted by molar-refractivity contribution is 5.96. The Morgan fingerprint density at radius 1 is 1.32 bits per heavy atom. The average Bonchev–Trinajstić information content (AvgIpc) is 3.01. The van der Waals surface area contributed by atoms with Gasteiger partial charge >= 0.3 is 5.69 Å². The number of anilines is 2. The summed E-state index contributed by atoms with van der Waals surface area (Å²) in [6.07, 6.45) is 1.55. The van der Waals surface area contributed by atoms with Gasteiger partial charge in [0.1, 0.15) is 5.82 Å². The first kappa shape index (κ1) is 22.1. The molecule has 31 heavy (non-hydrogen) atoms. The van der Waals surface area contributed by atoms with E-state index in [0.29, 0.717) is 24.0 Å². The fourth-order valence-corrected chi connectivity index (χ4v) is 3.44. The van der Waals surface area contributed by atoms with Crippen molar-refractivity contribution >= 4 is 28.4 Å². The van der Waals surface area contributed by atoms with E-state index in [2.05, 4.69) is 15.1 Å². The van der Waals surface area contributed by atoms with Gasteiger partial charge in [-0.3, -0.25) is 19.1 Å². The number of ether oxygens (including phenoxy) is 1. The Balaban J connectivity index is 1.86. The second kappa shape index (κ2) is 8.62. The minimum atomic E-state index is -0.732. The fourth-order valence-electron chi connectivity index (χ4n) is 3.44. The van der Waals surface area contributed by atoms with Gasteiger partial charge in [-0.15, -0.1) is 5.10 Å². The number of nitrogens with one attached hydrogen (secondary N) is 1. The SMILES string of the molecule is CCCCn1c(N)c(N(C)C(=O)COc2nn(C)c3nc(C)cc(C)c23)c(=O)[nH]c1=O. The molecule has 3 heterocycles. The molecule has 0 aromatic carbocycles. The summed E-state index contributed by atoms with van der Waals surface area (Å²) in [4.78, 5) is 45.0. The summed E-state index contributed by atoms with van der Waals surface area (Å²) in [5.74, 6) is -0.301. The van der Waals surface area contributed by atoms with Crippen LogP contribution in [0.4, 0.5) is 11.5 Å². The van der Waals surface area contributed by atoms with Gasteiger partial charge in [0.25, 0.3) is 11.5 Å². The molecule has 0 bridgehead atoms. The molecule has 3 N–H and O–H groups in total. The Morgan fingerprint density at radius 3 is 2.71 bits per heavy atom. The Labute approximate surface area is 178 Å². The molecule has 0 unspecified atom stereocenters. The Bertz CT molecular complexity index is 1260. The molecule has 3 rings (SSSR count). The van der Waals surface area contributed by atoms with Crippen molar-refractivity contribution in [2.24, 2.45) is 7.05 Å². The van der Waals surface area contributed by atoms with Gasteiger partial charge in [-0.2, -0.15) is 0 Å². The second-order valence-electron chi connectivity index (χ2n) is 7.45. The molecular formula is C20H27N7O4. The number of aromatic nitrogens is 5. The molecule has 0 aliphatic rings. The molecule has 0 atom stereocenters.